The Morgan fingerprint density at radius 2 is 1.91 bits per heavy atom. The SMILES string of the molecule is NCCCCc1c(-c2cccc(F)c2)[nH]c2c(Cl)cc(Cl)cc12. The number of H-pyrrole nitrogens is 1. The summed E-state index contributed by atoms with van der Waals surface area (Å²) >= 11 is 12.5. The molecule has 0 aliphatic rings. The minimum absolute atomic E-state index is 0.266. The molecule has 3 N–H and O–H groups in total. The number of rotatable bonds is 5. The summed E-state index contributed by atoms with van der Waals surface area (Å²) in [7, 11) is 0. The van der Waals surface area contributed by atoms with E-state index in [0.717, 1.165) is 47.0 Å². The largest absolute Gasteiger partial charge is 0.353 e. The second-order valence-electron chi connectivity index (χ2n) is 5.54. The van der Waals surface area contributed by atoms with Crippen molar-refractivity contribution in [1.82, 2.24) is 4.98 Å². The number of hydrogen-bond acceptors (Lipinski definition) is 1. The fraction of sp³-hybridized carbons (Fsp3) is 0.222. The van der Waals surface area contributed by atoms with Crippen LogP contribution < -0.4 is 5.73 Å². The van der Waals surface area contributed by atoms with Crippen LogP contribution in [0.25, 0.3) is 22.2 Å². The van der Waals surface area contributed by atoms with Gasteiger partial charge in [0.15, 0.2) is 0 Å². The summed E-state index contributed by atoms with van der Waals surface area (Å²) in [5.41, 5.74) is 9.22. The van der Waals surface area contributed by atoms with Crippen molar-refractivity contribution in [1.29, 1.82) is 0 Å². The molecule has 0 spiro atoms. The number of aryl methyl sites for hydroxylation is 1. The number of nitrogens with one attached hydrogen (secondary N) is 1. The highest BCUT2D eigenvalue weighted by molar-refractivity contribution is 6.38. The van der Waals surface area contributed by atoms with Crippen LogP contribution in [-0.4, -0.2) is 11.5 Å². The predicted octanol–water partition coefficient (Wildman–Crippen LogP) is 5.56. The van der Waals surface area contributed by atoms with Crippen molar-refractivity contribution in [3.8, 4) is 11.3 Å². The molecule has 3 aromatic rings. The summed E-state index contributed by atoms with van der Waals surface area (Å²) in [5.74, 6) is -0.266. The van der Waals surface area contributed by atoms with Gasteiger partial charge in [-0.3, -0.25) is 0 Å². The minimum Gasteiger partial charge on any atom is -0.353 e. The van der Waals surface area contributed by atoms with E-state index in [1.165, 1.54) is 12.1 Å². The number of aromatic amines is 1. The van der Waals surface area contributed by atoms with Crippen LogP contribution in [0.5, 0.6) is 0 Å². The normalized spacial score (nSPS) is 11.3. The standard InChI is InChI=1S/C18H17Cl2FN2/c19-12-9-15-14(6-1-2-7-22)17(23-18(15)16(20)10-12)11-4-3-5-13(21)8-11/h3-5,8-10,23H,1-2,6-7,22H2. The molecule has 1 heterocycles. The zero-order valence-electron chi connectivity index (χ0n) is 12.5. The molecule has 0 saturated heterocycles. The van der Waals surface area contributed by atoms with Crippen LogP contribution in [0.2, 0.25) is 10.0 Å². The average Bonchev–Trinajstić information content (AvgIpc) is 2.87. The Hall–Kier alpha value is -1.55. The highest BCUT2D eigenvalue weighted by atomic mass is 35.5. The molecule has 120 valence electrons. The third kappa shape index (κ3) is 3.37. The van der Waals surface area contributed by atoms with Gasteiger partial charge in [0.2, 0.25) is 0 Å². The first-order chi connectivity index (χ1) is 11.1. The van der Waals surface area contributed by atoms with Crippen LogP contribution >= 0.6 is 23.2 Å². The van der Waals surface area contributed by atoms with Crippen LogP contribution in [-0.2, 0) is 6.42 Å². The molecule has 0 unspecified atom stereocenters. The molecule has 3 rings (SSSR count). The number of benzene rings is 2. The number of fused-ring (bicyclic) bond motifs is 1. The van der Waals surface area contributed by atoms with Crippen LogP contribution in [0.4, 0.5) is 4.39 Å². The van der Waals surface area contributed by atoms with Crippen molar-refractivity contribution in [3.63, 3.8) is 0 Å². The zero-order valence-corrected chi connectivity index (χ0v) is 14.0. The van der Waals surface area contributed by atoms with Gasteiger partial charge in [-0.05, 0) is 55.6 Å². The van der Waals surface area contributed by atoms with Crippen molar-refractivity contribution in [2.45, 2.75) is 19.3 Å². The minimum atomic E-state index is -0.266. The van der Waals surface area contributed by atoms with E-state index in [1.54, 1.807) is 12.1 Å². The third-order valence-electron chi connectivity index (χ3n) is 3.93. The fourth-order valence-corrected chi connectivity index (χ4v) is 3.41. The van der Waals surface area contributed by atoms with Crippen LogP contribution in [0.1, 0.15) is 18.4 Å². The van der Waals surface area contributed by atoms with Gasteiger partial charge in [-0.15, -0.1) is 0 Å². The molecule has 0 radical (unpaired) electrons. The zero-order chi connectivity index (χ0) is 16.4. The molecule has 23 heavy (non-hydrogen) atoms. The summed E-state index contributed by atoms with van der Waals surface area (Å²) in [6, 6.07) is 10.2. The molecule has 0 saturated carbocycles. The molecule has 0 fully saturated rings. The van der Waals surface area contributed by atoms with Gasteiger partial charge in [0.25, 0.3) is 0 Å². The summed E-state index contributed by atoms with van der Waals surface area (Å²) in [4.78, 5) is 3.34. The quantitative estimate of drug-likeness (QED) is 0.581. The Labute approximate surface area is 144 Å². The molecular formula is C18H17Cl2FN2. The van der Waals surface area contributed by atoms with Crippen molar-refractivity contribution in [2.75, 3.05) is 6.54 Å². The first-order valence-corrected chi connectivity index (χ1v) is 8.31. The molecule has 0 atom stereocenters. The lowest BCUT2D eigenvalue weighted by atomic mass is 10.0. The maximum absolute atomic E-state index is 13.6. The van der Waals surface area contributed by atoms with E-state index in [2.05, 4.69) is 4.98 Å². The van der Waals surface area contributed by atoms with Crippen molar-refractivity contribution in [2.24, 2.45) is 5.73 Å². The first kappa shape index (κ1) is 16.3. The van der Waals surface area contributed by atoms with E-state index >= 15 is 0 Å². The Bertz CT molecular complexity index is 842. The molecule has 0 amide bonds. The molecule has 0 aliphatic carbocycles. The Morgan fingerprint density at radius 3 is 2.65 bits per heavy atom. The molecular weight excluding hydrogens is 334 g/mol. The lowest BCUT2D eigenvalue weighted by Gasteiger charge is -2.05. The summed E-state index contributed by atoms with van der Waals surface area (Å²) in [6.07, 6.45) is 2.72. The molecule has 0 aliphatic heterocycles. The van der Waals surface area contributed by atoms with Crippen molar-refractivity contribution < 1.29 is 4.39 Å². The third-order valence-corrected chi connectivity index (χ3v) is 4.44. The summed E-state index contributed by atoms with van der Waals surface area (Å²) in [6.45, 7) is 0.652. The maximum Gasteiger partial charge on any atom is 0.123 e. The highest BCUT2D eigenvalue weighted by Crippen LogP contribution is 2.36. The van der Waals surface area contributed by atoms with Gasteiger partial charge in [-0.1, -0.05) is 35.3 Å². The Kier molecular flexibility index (Phi) is 4.90. The predicted molar refractivity (Wildman–Crippen MR) is 95.7 cm³/mol. The highest BCUT2D eigenvalue weighted by Gasteiger charge is 2.16. The molecule has 0 bridgehead atoms. The first-order valence-electron chi connectivity index (χ1n) is 7.55. The van der Waals surface area contributed by atoms with E-state index < -0.39 is 0 Å². The molecule has 2 nitrogen and oxygen atoms in total. The van der Waals surface area contributed by atoms with Gasteiger partial charge < -0.3 is 10.7 Å². The van der Waals surface area contributed by atoms with E-state index in [1.807, 2.05) is 12.1 Å². The van der Waals surface area contributed by atoms with Gasteiger partial charge in [0.1, 0.15) is 5.82 Å². The van der Waals surface area contributed by atoms with Gasteiger partial charge in [-0.2, -0.15) is 0 Å². The monoisotopic (exact) mass is 350 g/mol. The summed E-state index contributed by atoms with van der Waals surface area (Å²) < 4.78 is 13.6. The van der Waals surface area contributed by atoms with Crippen LogP contribution in [0.3, 0.4) is 0 Å². The van der Waals surface area contributed by atoms with E-state index in [0.29, 0.717) is 16.6 Å². The fourth-order valence-electron chi connectivity index (χ4n) is 2.87. The molecule has 1 aromatic heterocycles. The number of nitrogens with two attached hydrogens (primary N) is 1. The van der Waals surface area contributed by atoms with Crippen molar-refractivity contribution in [3.05, 3.63) is 57.8 Å². The van der Waals surface area contributed by atoms with Crippen molar-refractivity contribution >= 4 is 34.1 Å². The van der Waals surface area contributed by atoms with E-state index in [-0.39, 0.29) is 5.82 Å². The average molecular weight is 351 g/mol. The molecule has 2 aromatic carbocycles. The van der Waals surface area contributed by atoms with Crippen LogP contribution in [0, 0.1) is 5.82 Å². The van der Waals surface area contributed by atoms with Gasteiger partial charge in [-0.25, -0.2) is 4.39 Å². The van der Waals surface area contributed by atoms with E-state index in [4.69, 9.17) is 28.9 Å². The molecule has 5 heteroatoms. The van der Waals surface area contributed by atoms with Gasteiger partial charge >= 0.3 is 0 Å². The topological polar surface area (TPSA) is 41.8 Å². The summed E-state index contributed by atoms with van der Waals surface area (Å²) in [5, 5.41) is 2.14. The number of unbranched alkanes of at least 4 members (excludes halogenated alkanes) is 1. The lowest BCUT2D eigenvalue weighted by molar-refractivity contribution is 0.628. The Morgan fingerprint density at radius 1 is 1.09 bits per heavy atom. The Balaban J connectivity index is 2.19. The van der Waals surface area contributed by atoms with Gasteiger partial charge in [0.05, 0.1) is 10.5 Å². The number of hydrogen-bond donors (Lipinski definition) is 2. The number of halogens is 3. The lowest BCUT2D eigenvalue weighted by Crippen LogP contribution is -1.99. The van der Waals surface area contributed by atoms with E-state index in [9.17, 15) is 4.39 Å². The van der Waals surface area contributed by atoms with Gasteiger partial charge in [0, 0.05) is 21.7 Å². The second-order valence-corrected chi connectivity index (χ2v) is 6.39. The smallest absolute Gasteiger partial charge is 0.123 e. The second kappa shape index (κ2) is 6.91. The van der Waals surface area contributed by atoms with Crippen LogP contribution in [0.15, 0.2) is 36.4 Å². The number of aromatic nitrogens is 1. The maximum atomic E-state index is 13.6.